The number of para-hydroxylation sites is 1. The van der Waals surface area contributed by atoms with E-state index in [2.05, 4.69) is 11.1 Å². The molecule has 1 aliphatic carbocycles. The van der Waals surface area contributed by atoms with Crippen molar-refractivity contribution < 1.29 is 12.8 Å². The van der Waals surface area contributed by atoms with E-state index in [4.69, 9.17) is 11.6 Å². The van der Waals surface area contributed by atoms with E-state index in [-0.39, 0.29) is 23.5 Å². The Labute approximate surface area is 167 Å². The number of benzene rings is 2. The van der Waals surface area contributed by atoms with E-state index in [0.717, 1.165) is 16.5 Å². The van der Waals surface area contributed by atoms with Crippen molar-refractivity contribution in [2.75, 3.05) is 6.26 Å². The minimum Gasteiger partial charge on any atom is -0.361 e. The van der Waals surface area contributed by atoms with Gasteiger partial charge in [0.1, 0.15) is 5.82 Å². The molecule has 0 amide bonds. The summed E-state index contributed by atoms with van der Waals surface area (Å²) < 4.78 is 38.3. The fraction of sp³-hybridized carbons (Fsp3) is 0.286. The van der Waals surface area contributed by atoms with Crippen molar-refractivity contribution in [3.05, 3.63) is 70.1 Å². The van der Waals surface area contributed by atoms with Gasteiger partial charge in [0.25, 0.3) is 0 Å². The van der Waals surface area contributed by atoms with Crippen LogP contribution in [0.5, 0.6) is 0 Å². The smallest absolute Gasteiger partial charge is 0.151 e. The van der Waals surface area contributed by atoms with Crippen molar-refractivity contribution >= 4 is 32.3 Å². The summed E-state index contributed by atoms with van der Waals surface area (Å²) >= 11 is 5.92. The van der Waals surface area contributed by atoms with E-state index >= 15 is 0 Å². The van der Waals surface area contributed by atoms with Crippen LogP contribution in [0.25, 0.3) is 10.9 Å². The number of H-pyrrole nitrogens is 1. The predicted molar refractivity (Wildman–Crippen MR) is 107 cm³/mol. The Morgan fingerprint density at radius 1 is 1.32 bits per heavy atom. The van der Waals surface area contributed by atoms with Gasteiger partial charge in [-0.2, -0.15) is 5.26 Å². The Bertz CT molecular complexity index is 1210. The lowest BCUT2D eigenvalue weighted by Crippen LogP contribution is -2.07. The maximum absolute atomic E-state index is 14.8. The topological polar surface area (TPSA) is 73.7 Å². The molecule has 144 valence electrons. The Hall–Kier alpha value is -2.36. The van der Waals surface area contributed by atoms with E-state index in [1.807, 2.05) is 18.3 Å². The molecule has 0 aliphatic heterocycles. The number of fused-ring (bicyclic) bond motifs is 1. The second-order valence-corrected chi connectivity index (χ2v) is 10.0. The second kappa shape index (κ2) is 6.91. The summed E-state index contributed by atoms with van der Waals surface area (Å²) in [6.07, 6.45) is 3.71. The van der Waals surface area contributed by atoms with E-state index < -0.39 is 15.7 Å². The highest BCUT2D eigenvalue weighted by Crippen LogP contribution is 2.53. The number of halogens is 2. The molecule has 1 fully saturated rings. The van der Waals surface area contributed by atoms with Gasteiger partial charge in [-0.05, 0) is 41.2 Å². The van der Waals surface area contributed by atoms with Crippen molar-refractivity contribution in [3.63, 3.8) is 0 Å². The molecule has 7 heteroatoms. The molecule has 1 aromatic heterocycles. The lowest BCUT2D eigenvalue weighted by Gasteiger charge is -2.18. The molecule has 1 aliphatic rings. The first-order valence-electron chi connectivity index (χ1n) is 8.89. The minimum absolute atomic E-state index is 0.0123. The summed E-state index contributed by atoms with van der Waals surface area (Å²) in [5.74, 6) is -0.886. The van der Waals surface area contributed by atoms with Crippen LogP contribution >= 0.6 is 11.6 Å². The van der Waals surface area contributed by atoms with Gasteiger partial charge in [0, 0.05) is 34.3 Å². The summed E-state index contributed by atoms with van der Waals surface area (Å²) in [6, 6.07) is 12.4. The first kappa shape index (κ1) is 19.0. The number of hydrogen-bond donors (Lipinski definition) is 1. The zero-order valence-corrected chi connectivity index (χ0v) is 16.7. The standard InChI is InChI=1S/C21H18ClFN2O2S/c1-28(26,27)11-12-3-2-4-15-18(10-25-21(12)15)20(17-7-13(17)9-24)16-6-5-14(22)8-19(16)23/h2-6,8,10,13,17,20,25H,7,11H2,1H3. The minimum atomic E-state index is -3.20. The van der Waals surface area contributed by atoms with E-state index in [1.165, 1.54) is 12.3 Å². The quantitative estimate of drug-likeness (QED) is 0.649. The molecule has 3 aromatic rings. The summed E-state index contributed by atoms with van der Waals surface area (Å²) in [5.41, 5.74) is 2.78. The fourth-order valence-corrected chi connectivity index (χ4v) is 4.98. The first-order chi connectivity index (χ1) is 13.3. The van der Waals surface area contributed by atoms with Crippen LogP contribution in [-0.4, -0.2) is 19.7 Å². The normalized spacial score (nSPS) is 20.1. The molecule has 1 N–H and O–H groups in total. The zero-order chi connectivity index (χ0) is 20.1. The molecular weight excluding hydrogens is 399 g/mol. The van der Waals surface area contributed by atoms with Crippen molar-refractivity contribution in [1.29, 1.82) is 5.26 Å². The molecule has 1 heterocycles. The molecular formula is C21H18ClFN2O2S. The zero-order valence-electron chi connectivity index (χ0n) is 15.1. The van der Waals surface area contributed by atoms with Crippen LogP contribution in [-0.2, 0) is 15.6 Å². The number of aromatic nitrogens is 1. The summed E-state index contributed by atoms with van der Waals surface area (Å²) in [5, 5.41) is 10.5. The van der Waals surface area contributed by atoms with E-state index in [9.17, 15) is 18.1 Å². The van der Waals surface area contributed by atoms with Gasteiger partial charge in [-0.1, -0.05) is 35.9 Å². The van der Waals surface area contributed by atoms with E-state index in [1.54, 1.807) is 18.2 Å². The average molecular weight is 417 g/mol. The van der Waals surface area contributed by atoms with Crippen LogP contribution in [0.1, 0.15) is 29.0 Å². The van der Waals surface area contributed by atoms with Crippen molar-refractivity contribution in [3.8, 4) is 6.07 Å². The third kappa shape index (κ3) is 3.52. The molecule has 3 atom stereocenters. The van der Waals surface area contributed by atoms with Gasteiger partial charge in [0.2, 0.25) is 0 Å². The van der Waals surface area contributed by atoms with Gasteiger partial charge < -0.3 is 4.98 Å². The number of sulfone groups is 1. The molecule has 0 spiro atoms. The summed E-state index contributed by atoms with van der Waals surface area (Å²) in [4.78, 5) is 3.18. The van der Waals surface area contributed by atoms with Crippen molar-refractivity contribution in [1.82, 2.24) is 4.98 Å². The summed E-state index contributed by atoms with van der Waals surface area (Å²) in [7, 11) is -3.20. The fourth-order valence-electron chi connectivity index (χ4n) is 4.01. The molecule has 0 saturated heterocycles. The lowest BCUT2D eigenvalue weighted by atomic mass is 9.85. The lowest BCUT2D eigenvalue weighted by molar-refractivity contribution is 0.575. The van der Waals surface area contributed by atoms with Crippen LogP contribution in [0.15, 0.2) is 42.6 Å². The maximum Gasteiger partial charge on any atom is 0.151 e. The molecule has 0 radical (unpaired) electrons. The highest BCUT2D eigenvalue weighted by atomic mass is 35.5. The van der Waals surface area contributed by atoms with Crippen LogP contribution in [0, 0.1) is 29.0 Å². The van der Waals surface area contributed by atoms with Gasteiger partial charge in [0.15, 0.2) is 9.84 Å². The Balaban J connectivity index is 1.87. The van der Waals surface area contributed by atoms with Crippen LogP contribution in [0.3, 0.4) is 0 Å². The van der Waals surface area contributed by atoms with Crippen LogP contribution < -0.4 is 0 Å². The van der Waals surface area contributed by atoms with E-state index in [0.29, 0.717) is 22.6 Å². The van der Waals surface area contributed by atoms with Crippen LogP contribution in [0.4, 0.5) is 4.39 Å². The SMILES string of the molecule is CS(=O)(=O)Cc1cccc2c(C(c3ccc(Cl)cc3F)C3CC3C#N)c[nH]c12. The molecule has 1 saturated carbocycles. The van der Waals surface area contributed by atoms with Crippen LogP contribution in [0.2, 0.25) is 5.02 Å². The van der Waals surface area contributed by atoms with Gasteiger partial charge in [-0.15, -0.1) is 0 Å². The van der Waals surface area contributed by atoms with Gasteiger partial charge >= 0.3 is 0 Å². The number of hydrogen-bond acceptors (Lipinski definition) is 3. The average Bonchev–Trinajstić information content (AvgIpc) is 3.26. The highest BCUT2D eigenvalue weighted by molar-refractivity contribution is 7.89. The number of rotatable bonds is 5. The highest BCUT2D eigenvalue weighted by Gasteiger charge is 2.46. The Morgan fingerprint density at radius 2 is 2.11 bits per heavy atom. The molecule has 4 rings (SSSR count). The molecule has 4 nitrogen and oxygen atoms in total. The first-order valence-corrected chi connectivity index (χ1v) is 11.3. The Morgan fingerprint density at radius 3 is 2.75 bits per heavy atom. The third-order valence-electron chi connectivity index (χ3n) is 5.32. The largest absolute Gasteiger partial charge is 0.361 e. The second-order valence-electron chi connectivity index (χ2n) is 7.43. The molecule has 2 aromatic carbocycles. The van der Waals surface area contributed by atoms with Crippen molar-refractivity contribution in [2.45, 2.75) is 18.1 Å². The molecule has 3 unspecified atom stereocenters. The maximum atomic E-state index is 14.8. The van der Waals surface area contributed by atoms with Gasteiger partial charge in [-0.3, -0.25) is 0 Å². The Kier molecular flexibility index (Phi) is 4.68. The summed E-state index contributed by atoms with van der Waals surface area (Å²) in [6.45, 7) is 0. The number of nitrogens with one attached hydrogen (secondary N) is 1. The molecule has 0 bridgehead atoms. The van der Waals surface area contributed by atoms with Crippen molar-refractivity contribution in [2.24, 2.45) is 11.8 Å². The predicted octanol–water partition coefficient (Wildman–Crippen LogP) is 4.80. The van der Waals surface area contributed by atoms with Gasteiger partial charge in [0.05, 0.1) is 17.7 Å². The third-order valence-corrected chi connectivity index (χ3v) is 6.39. The van der Waals surface area contributed by atoms with Gasteiger partial charge in [-0.25, -0.2) is 12.8 Å². The number of aromatic amines is 1. The number of nitrogens with zero attached hydrogens (tertiary/aromatic N) is 1. The monoisotopic (exact) mass is 416 g/mol. The number of nitriles is 1. The molecule has 28 heavy (non-hydrogen) atoms.